The number of ether oxygens (including phenoxy) is 2. The maximum absolute atomic E-state index is 12.8. The number of nitrogens with zero attached hydrogens (tertiary/aromatic N) is 2. The summed E-state index contributed by atoms with van der Waals surface area (Å²) in [5.41, 5.74) is 2.61. The molecule has 29 heavy (non-hydrogen) atoms. The van der Waals surface area contributed by atoms with Crippen molar-refractivity contribution in [2.75, 3.05) is 13.2 Å². The Balaban J connectivity index is 1.75. The zero-order valence-electron chi connectivity index (χ0n) is 16.6. The molecule has 0 unspecified atom stereocenters. The molecule has 0 radical (unpaired) electrons. The highest BCUT2D eigenvalue weighted by molar-refractivity contribution is 6.31. The van der Waals surface area contributed by atoms with Crippen molar-refractivity contribution >= 4 is 34.2 Å². The van der Waals surface area contributed by atoms with Crippen LogP contribution in [0.4, 0.5) is 0 Å². The van der Waals surface area contributed by atoms with Gasteiger partial charge in [0.15, 0.2) is 11.5 Å². The number of fused-ring (bicyclic) bond motifs is 2. The molecule has 1 aliphatic rings. The summed E-state index contributed by atoms with van der Waals surface area (Å²) in [5, 5.41) is 1.16. The molecule has 1 aromatic heterocycles. The average molecular weight is 411 g/mol. The van der Waals surface area contributed by atoms with Crippen LogP contribution in [0.1, 0.15) is 38.1 Å². The number of rotatable bonds is 6. The van der Waals surface area contributed by atoms with Crippen molar-refractivity contribution in [1.82, 2.24) is 9.55 Å². The van der Waals surface area contributed by atoms with Gasteiger partial charge in [-0.25, -0.2) is 4.98 Å². The van der Waals surface area contributed by atoms with Crippen molar-refractivity contribution in [3.8, 4) is 11.5 Å². The van der Waals surface area contributed by atoms with Crippen LogP contribution in [0.2, 0.25) is 5.02 Å². The summed E-state index contributed by atoms with van der Waals surface area (Å²) in [7, 11) is 0. The topological polar surface area (TPSA) is 53.4 Å². The molecule has 3 aromatic rings. The van der Waals surface area contributed by atoms with Crippen LogP contribution < -0.4 is 15.0 Å². The molecule has 0 atom stereocenters. The summed E-state index contributed by atoms with van der Waals surface area (Å²) in [6.07, 6.45) is 3.75. The predicted molar refractivity (Wildman–Crippen MR) is 117 cm³/mol. The molecule has 0 bridgehead atoms. The van der Waals surface area contributed by atoms with Gasteiger partial charge < -0.3 is 9.47 Å². The van der Waals surface area contributed by atoms with Gasteiger partial charge in [0.1, 0.15) is 5.82 Å². The van der Waals surface area contributed by atoms with Crippen molar-refractivity contribution in [3.05, 3.63) is 63.2 Å². The van der Waals surface area contributed by atoms with Gasteiger partial charge in [0.2, 0.25) is 0 Å². The molecule has 6 heteroatoms. The van der Waals surface area contributed by atoms with Gasteiger partial charge in [0.05, 0.1) is 24.1 Å². The highest BCUT2D eigenvalue weighted by atomic mass is 35.5. The number of allylic oxidation sites excluding steroid dienone is 1. The first-order valence-electron chi connectivity index (χ1n) is 9.91. The number of aromatic nitrogens is 2. The van der Waals surface area contributed by atoms with E-state index in [4.69, 9.17) is 26.1 Å². The molecule has 2 heterocycles. The highest BCUT2D eigenvalue weighted by Crippen LogP contribution is 2.32. The molecular weight excluding hydrogens is 388 g/mol. The fourth-order valence-electron chi connectivity index (χ4n) is 3.54. The second-order valence-corrected chi connectivity index (χ2v) is 7.40. The van der Waals surface area contributed by atoms with Gasteiger partial charge in [0.25, 0.3) is 5.56 Å². The molecule has 0 amide bonds. The van der Waals surface area contributed by atoms with Gasteiger partial charge in [-0.05, 0) is 67.3 Å². The SMILES string of the molecule is CCCOc1ccc(/C=C2\CCn3c2nc2cc(Cl)ccc2c3=O)cc1OCC. The Bertz CT molecular complexity index is 1150. The lowest BCUT2D eigenvalue weighted by atomic mass is 10.1. The van der Waals surface area contributed by atoms with Crippen molar-refractivity contribution in [2.24, 2.45) is 0 Å². The molecule has 0 aliphatic carbocycles. The van der Waals surface area contributed by atoms with E-state index in [1.807, 2.05) is 25.1 Å². The normalized spacial score (nSPS) is 14.4. The Kier molecular flexibility index (Phi) is 5.58. The summed E-state index contributed by atoms with van der Waals surface area (Å²) in [5.74, 6) is 2.18. The molecule has 1 aliphatic heterocycles. The molecule has 5 nitrogen and oxygen atoms in total. The number of benzene rings is 2. The fourth-order valence-corrected chi connectivity index (χ4v) is 3.71. The number of halogens is 1. The standard InChI is InChI=1S/C23H23ClN2O3/c1-3-11-29-20-8-5-15(13-21(20)28-4-2)12-16-9-10-26-22(16)25-19-14-17(24)6-7-18(19)23(26)27/h5-8,12-14H,3-4,9-11H2,1-2H3/b16-12+. The predicted octanol–water partition coefficient (Wildman–Crippen LogP) is 5.18. The van der Waals surface area contributed by atoms with E-state index >= 15 is 0 Å². The molecule has 0 saturated carbocycles. The Morgan fingerprint density at radius 2 is 2.00 bits per heavy atom. The molecule has 150 valence electrons. The van der Waals surface area contributed by atoms with E-state index in [0.717, 1.165) is 35.5 Å². The Labute approximate surface area is 174 Å². The third-order valence-electron chi connectivity index (χ3n) is 4.88. The smallest absolute Gasteiger partial charge is 0.261 e. The zero-order chi connectivity index (χ0) is 20.4. The molecular formula is C23H23ClN2O3. The Hall–Kier alpha value is -2.79. The maximum Gasteiger partial charge on any atom is 0.261 e. The highest BCUT2D eigenvalue weighted by Gasteiger charge is 2.21. The van der Waals surface area contributed by atoms with E-state index in [1.165, 1.54) is 0 Å². The van der Waals surface area contributed by atoms with Gasteiger partial charge in [0, 0.05) is 11.6 Å². The minimum Gasteiger partial charge on any atom is -0.490 e. The largest absolute Gasteiger partial charge is 0.490 e. The molecule has 0 fully saturated rings. The molecule has 0 N–H and O–H groups in total. The van der Waals surface area contributed by atoms with Gasteiger partial charge in [-0.3, -0.25) is 9.36 Å². The van der Waals surface area contributed by atoms with Crippen molar-refractivity contribution < 1.29 is 9.47 Å². The van der Waals surface area contributed by atoms with Crippen LogP contribution in [-0.4, -0.2) is 22.8 Å². The average Bonchev–Trinajstić information content (AvgIpc) is 3.10. The quantitative estimate of drug-likeness (QED) is 0.561. The molecule has 0 saturated heterocycles. The molecule has 4 rings (SSSR count). The molecule has 2 aromatic carbocycles. The van der Waals surface area contributed by atoms with Crippen LogP contribution in [0.25, 0.3) is 22.6 Å². The minimum absolute atomic E-state index is 0.0246. The van der Waals surface area contributed by atoms with Crippen LogP contribution in [0.3, 0.4) is 0 Å². The van der Waals surface area contributed by atoms with Crippen LogP contribution >= 0.6 is 11.6 Å². The summed E-state index contributed by atoms with van der Waals surface area (Å²) in [4.78, 5) is 17.6. The Morgan fingerprint density at radius 3 is 2.79 bits per heavy atom. The third kappa shape index (κ3) is 3.87. The van der Waals surface area contributed by atoms with E-state index in [1.54, 1.807) is 22.8 Å². The fraction of sp³-hybridized carbons (Fsp3) is 0.304. The van der Waals surface area contributed by atoms with E-state index in [9.17, 15) is 4.79 Å². The van der Waals surface area contributed by atoms with E-state index in [2.05, 4.69) is 13.0 Å². The molecule has 0 spiro atoms. The van der Waals surface area contributed by atoms with E-state index in [0.29, 0.717) is 41.5 Å². The van der Waals surface area contributed by atoms with Crippen molar-refractivity contribution in [2.45, 2.75) is 33.2 Å². The third-order valence-corrected chi connectivity index (χ3v) is 5.11. The Morgan fingerprint density at radius 1 is 1.14 bits per heavy atom. The summed E-state index contributed by atoms with van der Waals surface area (Å²) in [6.45, 7) is 5.87. The van der Waals surface area contributed by atoms with Crippen molar-refractivity contribution in [1.29, 1.82) is 0 Å². The second kappa shape index (κ2) is 8.29. The van der Waals surface area contributed by atoms with Gasteiger partial charge in [-0.2, -0.15) is 0 Å². The zero-order valence-corrected chi connectivity index (χ0v) is 17.3. The maximum atomic E-state index is 12.8. The van der Waals surface area contributed by atoms with Gasteiger partial charge >= 0.3 is 0 Å². The van der Waals surface area contributed by atoms with Gasteiger partial charge in [-0.15, -0.1) is 0 Å². The first kappa shape index (κ1) is 19.5. The lowest BCUT2D eigenvalue weighted by molar-refractivity contribution is 0.277. The summed E-state index contributed by atoms with van der Waals surface area (Å²) < 4.78 is 13.3. The summed E-state index contributed by atoms with van der Waals surface area (Å²) >= 11 is 6.10. The van der Waals surface area contributed by atoms with E-state index in [-0.39, 0.29) is 5.56 Å². The van der Waals surface area contributed by atoms with E-state index < -0.39 is 0 Å². The monoisotopic (exact) mass is 410 g/mol. The van der Waals surface area contributed by atoms with Crippen molar-refractivity contribution in [3.63, 3.8) is 0 Å². The minimum atomic E-state index is -0.0246. The lowest BCUT2D eigenvalue weighted by Gasteiger charge is -2.12. The second-order valence-electron chi connectivity index (χ2n) is 6.96. The van der Waals surface area contributed by atoms with Crippen LogP contribution in [0.5, 0.6) is 11.5 Å². The van der Waals surface area contributed by atoms with Crippen LogP contribution in [0, 0.1) is 0 Å². The number of hydrogen-bond donors (Lipinski definition) is 0. The summed E-state index contributed by atoms with van der Waals surface area (Å²) in [6, 6.07) is 11.1. The number of hydrogen-bond acceptors (Lipinski definition) is 4. The lowest BCUT2D eigenvalue weighted by Crippen LogP contribution is -2.20. The first-order valence-corrected chi connectivity index (χ1v) is 10.3. The first-order chi connectivity index (χ1) is 14.1. The van der Waals surface area contributed by atoms with Crippen LogP contribution in [0.15, 0.2) is 41.2 Å². The van der Waals surface area contributed by atoms with Gasteiger partial charge in [-0.1, -0.05) is 24.6 Å². The van der Waals surface area contributed by atoms with Crippen LogP contribution in [-0.2, 0) is 6.54 Å².